The van der Waals surface area contributed by atoms with Crippen LogP contribution in [0.3, 0.4) is 0 Å². The number of hydrogen-bond acceptors (Lipinski definition) is 15. The zero-order valence-electron chi connectivity index (χ0n) is 28.2. The van der Waals surface area contributed by atoms with Gasteiger partial charge in [-0.25, -0.2) is 0 Å². The molecular formula is C31H32N4O12S6. The van der Waals surface area contributed by atoms with Crippen LogP contribution in [0, 0.1) is 9.20 Å². The van der Waals surface area contributed by atoms with Crippen molar-refractivity contribution in [3.05, 3.63) is 68.4 Å². The van der Waals surface area contributed by atoms with Gasteiger partial charge in [-0.1, -0.05) is 42.7 Å². The number of thiocarbonyl (C=S) groups is 1. The van der Waals surface area contributed by atoms with Gasteiger partial charge in [0.05, 0.1) is 34.7 Å². The number of hydrogen-bond donors (Lipinski definition) is 3. The summed E-state index contributed by atoms with van der Waals surface area (Å²) in [6.07, 6.45) is 2.21. The molecule has 5 rings (SSSR count). The number of ether oxygens (including phenoxy) is 2. The summed E-state index contributed by atoms with van der Waals surface area (Å²) in [7, 11) is -1.13. The molecule has 0 radical (unpaired) electrons. The highest BCUT2D eigenvalue weighted by atomic mass is 32.2. The van der Waals surface area contributed by atoms with E-state index < -0.39 is 57.9 Å². The van der Waals surface area contributed by atoms with Gasteiger partial charge in [-0.3, -0.25) is 42.6 Å². The average Bonchev–Trinajstić information content (AvgIpc) is 3.78. The van der Waals surface area contributed by atoms with Gasteiger partial charge in [-0.15, -0.1) is 22.7 Å². The number of aliphatic carboxylic acids is 2. The third kappa shape index (κ3) is 8.96. The number of carbonyl (C=O) groups is 3. The minimum Gasteiger partial charge on any atom is -0.497 e. The van der Waals surface area contributed by atoms with E-state index >= 15 is 0 Å². The van der Waals surface area contributed by atoms with E-state index in [2.05, 4.69) is 0 Å². The molecule has 3 N–H and O–H groups in total. The first-order chi connectivity index (χ1) is 25.0. The predicted molar refractivity (Wildman–Crippen MR) is 206 cm³/mol. The van der Waals surface area contributed by atoms with Crippen molar-refractivity contribution in [3.63, 3.8) is 0 Å². The molecule has 0 unspecified atom stereocenters. The minimum atomic E-state index is -4.12. The molecule has 0 aliphatic carbocycles. The Labute approximate surface area is 322 Å². The highest BCUT2D eigenvalue weighted by molar-refractivity contribution is 8.30. The van der Waals surface area contributed by atoms with Gasteiger partial charge in [-0.05, 0) is 36.6 Å². The maximum atomic E-state index is 14.0. The predicted octanol–water partition coefficient (Wildman–Crippen LogP) is 1.50. The van der Waals surface area contributed by atoms with Crippen LogP contribution in [0.25, 0.3) is 10.5 Å². The Balaban J connectivity index is 1.70. The topological polar surface area (TPSA) is 215 Å². The highest BCUT2D eigenvalue weighted by Gasteiger charge is 2.32. The molecule has 1 fully saturated rings. The third-order valence-electron chi connectivity index (χ3n) is 7.76. The maximum absolute atomic E-state index is 14.0. The van der Waals surface area contributed by atoms with Crippen LogP contribution in [0.5, 0.6) is 5.75 Å². The Kier molecular flexibility index (Phi) is 12.7. The van der Waals surface area contributed by atoms with Crippen molar-refractivity contribution in [2.24, 2.45) is 0 Å². The largest absolute Gasteiger partial charge is 0.497 e. The number of thiazole rings is 2. The Morgan fingerprint density at radius 3 is 2.25 bits per heavy atom. The van der Waals surface area contributed by atoms with Crippen molar-refractivity contribution in [2.45, 2.75) is 37.8 Å². The average molecular weight is 845 g/mol. The van der Waals surface area contributed by atoms with Crippen LogP contribution >= 0.6 is 58.4 Å². The Morgan fingerprint density at radius 1 is 0.981 bits per heavy atom. The monoisotopic (exact) mass is 844 g/mol. The number of carboxylic acids is 2. The van der Waals surface area contributed by atoms with E-state index in [9.17, 15) is 42.6 Å². The van der Waals surface area contributed by atoms with Crippen molar-refractivity contribution in [1.82, 2.24) is 14.0 Å². The van der Waals surface area contributed by atoms with Crippen molar-refractivity contribution in [1.29, 1.82) is 0 Å². The number of nitrogens with zero attached hydrogens (tertiary/aromatic N) is 4. The number of carbonyl (C=O) groups excluding carboxylic acids is 1. The van der Waals surface area contributed by atoms with Gasteiger partial charge in [-0.2, -0.15) is 8.42 Å². The van der Waals surface area contributed by atoms with Crippen LogP contribution in [-0.4, -0.2) is 99.1 Å². The number of carboxylic acid groups (broad SMARTS) is 2. The molecule has 0 atom stereocenters. The van der Waals surface area contributed by atoms with E-state index in [1.807, 2.05) is 24.0 Å². The summed E-state index contributed by atoms with van der Waals surface area (Å²) < 4.78 is 44.3. The second-order valence-electron chi connectivity index (χ2n) is 11.3. The van der Waals surface area contributed by atoms with E-state index in [1.54, 1.807) is 12.1 Å². The molecule has 1 aromatic carbocycles. The van der Waals surface area contributed by atoms with Gasteiger partial charge in [0.15, 0.2) is 0 Å². The first-order valence-corrected chi connectivity index (χ1v) is 20.9. The van der Waals surface area contributed by atoms with Gasteiger partial charge in [0, 0.05) is 31.2 Å². The van der Waals surface area contributed by atoms with E-state index in [4.69, 9.17) is 26.2 Å². The summed E-state index contributed by atoms with van der Waals surface area (Å²) in [5.41, 5.74) is -0.163. The van der Waals surface area contributed by atoms with Crippen LogP contribution < -0.4 is 30.0 Å². The lowest BCUT2D eigenvalue weighted by atomic mass is 10.2. The summed E-state index contributed by atoms with van der Waals surface area (Å²) >= 11 is 9.22. The Morgan fingerprint density at radius 2 is 1.66 bits per heavy atom. The summed E-state index contributed by atoms with van der Waals surface area (Å²) in [5.74, 6) is -3.07. The number of rotatable bonds is 14. The summed E-state index contributed by atoms with van der Waals surface area (Å²) in [5, 5.41) is 20.1. The summed E-state index contributed by atoms with van der Waals surface area (Å²) in [6.45, 7) is 0.818. The number of amides is 1. The molecule has 0 spiro atoms. The Hall–Kier alpha value is -3.77. The lowest BCUT2D eigenvalue weighted by Gasteiger charge is -2.21. The fraction of sp³-hybridized carbons (Fsp3) is 0.355. The second-order valence-corrected chi connectivity index (χ2v) is 17.6. The van der Waals surface area contributed by atoms with E-state index in [-0.39, 0.29) is 47.3 Å². The van der Waals surface area contributed by atoms with Gasteiger partial charge < -0.3 is 24.6 Å². The smallest absolute Gasteiger partial charge is 0.323 e. The Bertz CT molecular complexity index is 2500. The molecule has 16 nitrogen and oxygen atoms in total. The molecule has 2 aliphatic heterocycles. The maximum Gasteiger partial charge on any atom is 0.323 e. The quantitative estimate of drug-likeness (QED) is 0.119. The lowest BCUT2D eigenvalue weighted by molar-refractivity contribution is -0.138. The molecule has 4 heterocycles. The highest BCUT2D eigenvalue weighted by Crippen LogP contribution is 2.47. The van der Waals surface area contributed by atoms with Gasteiger partial charge in [0.25, 0.3) is 27.1 Å². The standard InChI is InChI=1S/C31H32N4O12S6/c1-4-16(12-20-33(8-10-47-9-5-11-53(43,44)45)18-13-17(46-3)6-7-19(18)49-20)23-27(41)34(14-21(36)37)30(50-23)25-28(42)35(15-22(38)39)29(51-25)24-26(40)32(2)31(48)52-24/h6-7,12-13H,4-5,8-11,14-15H2,1-3H3,(H,36,37)(H,38,39)(H,43,44,45)/b20-12?,23-16?,29-24+,30-25+. The molecule has 3 aromatic rings. The molecule has 1 saturated heterocycles. The number of methoxy groups -OCH3 is 1. The first-order valence-electron chi connectivity index (χ1n) is 15.6. The summed E-state index contributed by atoms with van der Waals surface area (Å²) in [6, 6.07) is 5.51. The minimum absolute atomic E-state index is 0.00800. The van der Waals surface area contributed by atoms with Crippen molar-refractivity contribution in [2.75, 3.05) is 44.6 Å². The number of fused-ring (bicyclic) bond motifs is 1. The van der Waals surface area contributed by atoms with Gasteiger partial charge in [0.2, 0.25) is 0 Å². The zero-order valence-corrected chi connectivity index (χ0v) is 33.1. The molecular weight excluding hydrogens is 813 g/mol. The fourth-order valence-corrected chi connectivity index (χ4v) is 10.7. The van der Waals surface area contributed by atoms with Gasteiger partial charge >= 0.3 is 11.9 Å². The second kappa shape index (κ2) is 16.7. The van der Waals surface area contributed by atoms with E-state index in [1.165, 1.54) is 30.8 Å². The molecule has 2 aromatic heterocycles. The van der Waals surface area contributed by atoms with Crippen LogP contribution in [0.1, 0.15) is 19.8 Å². The molecule has 0 saturated carbocycles. The lowest BCUT2D eigenvalue weighted by Crippen LogP contribution is -2.32. The van der Waals surface area contributed by atoms with E-state index in [0.717, 1.165) is 54.2 Å². The van der Waals surface area contributed by atoms with Crippen LogP contribution in [0.15, 0.2) is 43.8 Å². The van der Waals surface area contributed by atoms with Crippen LogP contribution in [0.2, 0.25) is 0 Å². The van der Waals surface area contributed by atoms with E-state index in [0.29, 0.717) is 29.3 Å². The molecule has 0 bridgehead atoms. The van der Waals surface area contributed by atoms with Crippen LogP contribution in [-0.2, 0) is 42.3 Å². The molecule has 53 heavy (non-hydrogen) atoms. The third-order valence-corrected chi connectivity index (χ3v) is 13.9. The molecule has 2 aliphatic rings. The number of thioether (sulfide) groups is 2. The number of benzene rings is 1. The number of allylic oxidation sites excluding steroid dienone is 1. The normalized spacial score (nSPS) is 17.5. The van der Waals surface area contributed by atoms with Gasteiger partial charge in [0.1, 0.15) is 41.9 Å². The first kappa shape index (κ1) is 40.4. The molecule has 22 heteroatoms. The SMILES string of the molecule is CCC(C=C1Sc2ccc(OC)cc2N1CCOCCCS(=O)(=O)O)=c1s/c(=c2/s/c(=C3/SC(=S)N(C)C3=O)n(CC(=O)O)c2=O)n(CC(=O)O)c1=O. The van der Waals surface area contributed by atoms with Crippen molar-refractivity contribution in [3.8, 4) is 5.75 Å². The molecule has 1 amide bonds. The molecule has 284 valence electrons. The van der Waals surface area contributed by atoms with Crippen molar-refractivity contribution < 1.29 is 47.0 Å². The number of aromatic nitrogens is 2. The number of anilines is 1. The van der Waals surface area contributed by atoms with Crippen molar-refractivity contribution >= 4 is 107 Å². The summed E-state index contributed by atoms with van der Waals surface area (Å²) in [4.78, 5) is 68.8. The fourth-order valence-electron chi connectivity index (χ4n) is 5.25. The zero-order chi connectivity index (χ0) is 38.8. The van der Waals surface area contributed by atoms with Crippen LogP contribution in [0.4, 0.5) is 5.69 Å².